The second-order valence-corrected chi connectivity index (χ2v) is 4.01. The predicted octanol–water partition coefficient (Wildman–Crippen LogP) is 2.20. The molecule has 2 aromatic rings. The fourth-order valence-electron chi connectivity index (χ4n) is 1.99. The minimum Gasteiger partial charge on any atom is -0.466 e. The van der Waals surface area contributed by atoms with Crippen molar-refractivity contribution < 1.29 is 9.52 Å². The zero-order chi connectivity index (χ0) is 11.7. The average Bonchev–Trinajstić information content (AvgIpc) is 2.77. The van der Waals surface area contributed by atoms with Gasteiger partial charge in [0.2, 0.25) is 0 Å². The summed E-state index contributed by atoms with van der Waals surface area (Å²) in [5.74, 6) is 2.44. The maximum absolute atomic E-state index is 10.1. The minimum atomic E-state index is -0.566. The Morgan fingerprint density at radius 3 is 2.62 bits per heavy atom. The molecule has 86 valence electrons. The van der Waals surface area contributed by atoms with Gasteiger partial charge in [-0.1, -0.05) is 0 Å². The molecular weight excluding hydrogens is 204 g/mol. The number of nitrogens with zero attached hydrogens (tertiary/aromatic N) is 1. The van der Waals surface area contributed by atoms with Crippen LogP contribution in [0.2, 0.25) is 0 Å². The summed E-state index contributed by atoms with van der Waals surface area (Å²) in [4.78, 5) is 7.08. The SMILES string of the molecule is Cc1oc(C)c(C(O)Cc2ncc[nH]2)c1C. The lowest BCUT2D eigenvalue weighted by Gasteiger charge is -2.09. The molecule has 0 aliphatic rings. The van der Waals surface area contributed by atoms with Crippen LogP contribution in [0.15, 0.2) is 16.8 Å². The van der Waals surface area contributed by atoms with Crippen molar-refractivity contribution in [2.24, 2.45) is 0 Å². The quantitative estimate of drug-likeness (QED) is 0.833. The Bertz CT molecular complexity index is 471. The largest absolute Gasteiger partial charge is 0.466 e. The van der Waals surface area contributed by atoms with Crippen LogP contribution in [0.4, 0.5) is 0 Å². The molecule has 4 heteroatoms. The lowest BCUT2D eigenvalue weighted by atomic mass is 10.0. The highest BCUT2D eigenvalue weighted by Crippen LogP contribution is 2.28. The van der Waals surface area contributed by atoms with Gasteiger partial charge >= 0.3 is 0 Å². The van der Waals surface area contributed by atoms with Gasteiger partial charge in [0.05, 0.1) is 6.10 Å². The second kappa shape index (κ2) is 4.14. The molecule has 4 nitrogen and oxygen atoms in total. The third kappa shape index (κ3) is 1.88. The van der Waals surface area contributed by atoms with Crippen LogP contribution < -0.4 is 0 Å². The summed E-state index contributed by atoms with van der Waals surface area (Å²) in [7, 11) is 0. The van der Waals surface area contributed by atoms with E-state index in [1.165, 1.54) is 0 Å². The first-order chi connectivity index (χ1) is 7.59. The number of H-pyrrole nitrogens is 1. The second-order valence-electron chi connectivity index (χ2n) is 4.01. The molecule has 2 rings (SSSR count). The third-order valence-corrected chi connectivity index (χ3v) is 2.89. The van der Waals surface area contributed by atoms with Gasteiger partial charge in [0.25, 0.3) is 0 Å². The van der Waals surface area contributed by atoms with Crippen molar-refractivity contribution in [1.82, 2.24) is 9.97 Å². The van der Waals surface area contributed by atoms with Crippen LogP contribution in [-0.4, -0.2) is 15.1 Å². The van der Waals surface area contributed by atoms with Crippen LogP contribution in [0.25, 0.3) is 0 Å². The highest BCUT2D eigenvalue weighted by Gasteiger charge is 2.19. The van der Waals surface area contributed by atoms with Gasteiger partial charge in [-0.3, -0.25) is 0 Å². The van der Waals surface area contributed by atoms with Gasteiger partial charge in [0.1, 0.15) is 17.3 Å². The number of aromatic nitrogens is 2. The Kier molecular flexibility index (Phi) is 2.83. The standard InChI is InChI=1S/C12H16N2O2/c1-7-8(2)16-9(3)12(7)10(15)6-11-13-4-5-14-11/h4-5,10,15H,6H2,1-3H3,(H,13,14). The van der Waals surface area contributed by atoms with Crippen molar-refractivity contribution >= 4 is 0 Å². The van der Waals surface area contributed by atoms with Crippen molar-refractivity contribution in [1.29, 1.82) is 0 Å². The molecule has 2 heterocycles. The molecule has 16 heavy (non-hydrogen) atoms. The molecule has 0 aliphatic carbocycles. The van der Waals surface area contributed by atoms with Gasteiger partial charge in [0, 0.05) is 24.4 Å². The Morgan fingerprint density at radius 1 is 1.38 bits per heavy atom. The molecule has 0 aromatic carbocycles. The van der Waals surface area contributed by atoms with Gasteiger partial charge in [0.15, 0.2) is 0 Å². The number of furan rings is 1. The smallest absolute Gasteiger partial charge is 0.108 e. The van der Waals surface area contributed by atoms with E-state index in [0.29, 0.717) is 6.42 Å². The molecule has 0 spiro atoms. The zero-order valence-corrected chi connectivity index (χ0v) is 9.74. The van der Waals surface area contributed by atoms with E-state index < -0.39 is 6.10 Å². The van der Waals surface area contributed by atoms with E-state index in [2.05, 4.69) is 9.97 Å². The van der Waals surface area contributed by atoms with Gasteiger partial charge in [-0.2, -0.15) is 0 Å². The van der Waals surface area contributed by atoms with Gasteiger partial charge in [-0.25, -0.2) is 4.98 Å². The zero-order valence-electron chi connectivity index (χ0n) is 9.74. The van der Waals surface area contributed by atoms with Crippen molar-refractivity contribution in [3.63, 3.8) is 0 Å². The number of rotatable bonds is 3. The van der Waals surface area contributed by atoms with Crippen LogP contribution in [-0.2, 0) is 6.42 Å². The Hall–Kier alpha value is -1.55. The molecule has 1 unspecified atom stereocenters. The molecular formula is C12H16N2O2. The lowest BCUT2D eigenvalue weighted by Crippen LogP contribution is -2.05. The van der Waals surface area contributed by atoms with Gasteiger partial charge < -0.3 is 14.5 Å². The van der Waals surface area contributed by atoms with Gasteiger partial charge in [-0.05, 0) is 26.3 Å². The minimum absolute atomic E-state index is 0.480. The number of aliphatic hydroxyl groups excluding tert-OH is 1. The number of hydrogen-bond donors (Lipinski definition) is 2. The monoisotopic (exact) mass is 220 g/mol. The number of aryl methyl sites for hydroxylation is 2. The van der Waals surface area contributed by atoms with Crippen molar-refractivity contribution in [3.8, 4) is 0 Å². The molecule has 0 bridgehead atoms. The first-order valence-electron chi connectivity index (χ1n) is 5.32. The lowest BCUT2D eigenvalue weighted by molar-refractivity contribution is 0.173. The predicted molar refractivity (Wildman–Crippen MR) is 60.2 cm³/mol. The highest BCUT2D eigenvalue weighted by atomic mass is 16.3. The van der Waals surface area contributed by atoms with Crippen LogP contribution in [0, 0.1) is 20.8 Å². The molecule has 2 N–H and O–H groups in total. The molecule has 0 amide bonds. The average molecular weight is 220 g/mol. The van der Waals surface area contributed by atoms with Crippen LogP contribution in [0.1, 0.15) is 34.6 Å². The molecule has 0 saturated carbocycles. The van der Waals surface area contributed by atoms with Crippen molar-refractivity contribution in [2.45, 2.75) is 33.3 Å². The number of hydrogen-bond acceptors (Lipinski definition) is 3. The van der Waals surface area contributed by atoms with E-state index >= 15 is 0 Å². The molecule has 1 atom stereocenters. The Balaban J connectivity index is 2.24. The fraction of sp³-hybridized carbons (Fsp3) is 0.417. The summed E-state index contributed by atoms with van der Waals surface area (Å²) in [6.07, 6.45) is 3.35. The topological polar surface area (TPSA) is 62.1 Å². The van der Waals surface area contributed by atoms with E-state index in [-0.39, 0.29) is 0 Å². The molecule has 0 radical (unpaired) electrons. The maximum atomic E-state index is 10.1. The molecule has 0 fully saturated rings. The fourth-order valence-corrected chi connectivity index (χ4v) is 1.99. The maximum Gasteiger partial charge on any atom is 0.108 e. The molecule has 0 aliphatic heterocycles. The van der Waals surface area contributed by atoms with Crippen molar-refractivity contribution in [3.05, 3.63) is 40.9 Å². The summed E-state index contributed by atoms with van der Waals surface area (Å²) in [6, 6.07) is 0. The Labute approximate surface area is 94.3 Å². The number of aromatic amines is 1. The number of imidazole rings is 1. The summed E-state index contributed by atoms with van der Waals surface area (Å²) in [5, 5.41) is 10.1. The van der Waals surface area contributed by atoms with E-state index in [1.54, 1.807) is 12.4 Å². The van der Waals surface area contributed by atoms with E-state index in [4.69, 9.17) is 4.42 Å². The number of nitrogens with one attached hydrogen (secondary N) is 1. The first kappa shape index (κ1) is 11.0. The van der Waals surface area contributed by atoms with E-state index in [0.717, 1.165) is 28.5 Å². The first-order valence-corrected chi connectivity index (χ1v) is 5.32. The Morgan fingerprint density at radius 2 is 2.12 bits per heavy atom. The van der Waals surface area contributed by atoms with Gasteiger partial charge in [-0.15, -0.1) is 0 Å². The van der Waals surface area contributed by atoms with Crippen molar-refractivity contribution in [2.75, 3.05) is 0 Å². The molecule has 2 aromatic heterocycles. The summed E-state index contributed by atoms with van der Waals surface area (Å²) < 4.78 is 5.49. The normalized spacial score (nSPS) is 13.0. The third-order valence-electron chi connectivity index (χ3n) is 2.89. The highest BCUT2D eigenvalue weighted by molar-refractivity contribution is 5.33. The molecule has 0 saturated heterocycles. The van der Waals surface area contributed by atoms with Crippen LogP contribution in [0.5, 0.6) is 0 Å². The number of aliphatic hydroxyl groups is 1. The van der Waals surface area contributed by atoms with Crippen LogP contribution >= 0.6 is 0 Å². The summed E-state index contributed by atoms with van der Waals surface area (Å²) in [5.41, 5.74) is 1.91. The summed E-state index contributed by atoms with van der Waals surface area (Å²) in [6.45, 7) is 5.75. The van der Waals surface area contributed by atoms with Crippen LogP contribution in [0.3, 0.4) is 0 Å². The van der Waals surface area contributed by atoms with E-state index in [1.807, 2.05) is 20.8 Å². The van der Waals surface area contributed by atoms with E-state index in [9.17, 15) is 5.11 Å². The summed E-state index contributed by atoms with van der Waals surface area (Å²) >= 11 is 0.